The van der Waals surface area contributed by atoms with Gasteiger partial charge in [0.15, 0.2) is 0 Å². The van der Waals surface area contributed by atoms with Crippen LogP contribution in [0.5, 0.6) is 0 Å². The lowest BCUT2D eigenvalue weighted by Crippen LogP contribution is -2.64. The Morgan fingerprint density at radius 3 is 2.70 bits per heavy atom. The first-order chi connectivity index (χ1) is 4.85. The van der Waals surface area contributed by atoms with Crippen molar-refractivity contribution < 1.29 is 0 Å². The second-order valence-electron chi connectivity index (χ2n) is 2.73. The predicted molar refractivity (Wildman–Crippen MR) is 40.6 cm³/mol. The lowest BCUT2D eigenvalue weighted by atomic mass is 10.1. The second-order valence-corrected chi connectivity index (χ2v) is 4.14. The van der Waals surface area contributed by atoms with Crippen LogP contribution in [0.3, 0.4) is 0 Å². The molecule has 1 spiro atoms. The Balaban J connectivity index is 2.00. The van der Waals surface area contributed by atoms with Gasteiger partial charge in [-0.3, -0.25) is 5.32 Å². The summed E-state index contributed by atoms with van der Waals surface area (Å²) in [6, 6.07) is 2.30. The molecule has 2 saturated heterocycles. The summed E-state index contributed by atoms with van der Waals surface area (Å²) in [7, 11) is 0. The van der Waals surface area contributed by atoms with E-state index in [1.54, 1.807) is 0 Å². The smallest absolute Gasteiger partial charge is 0.106 e. The summed E-state index contributed by atoms with van der Waals surface area (Å²) in [6.07, 6.45) is 0. The molecule has 0 aliphatic carbocycles. The molecular formula is C6H9N3S. The maximum atomic E-state index is 8.57. The molecule has 2 N–H and O–H groups in total. The third kappa shape index (κ3) is 0.823. The van der Waals surface area contributed by atoms with Gasteiger partial charge in [-0.1, -0.05) is 0 Å². The summed E-state index contributed by atoms with van der Waals surface area (Å²) in [5, 5.41) is 15.1. The first-order valence-electron chi connectivity index (χ1n) is 3.37. The molecule has 10 heavy (non-hydrogen) atoms. The lowest BCUT2D eigenvalue weighted by Gasteiger charge is -2.38. The Morgan fingerprint density at radius 2 is 2.40 bits per heavy atom. The normalized spacial score (nSPS) is 35.3. The Labute approximate surface area is 64.2 Å². The molecular weight excluding hydrogens is 146 g/mol. The van der Waals surface area contributed by atoms with Crippen LogP contribution in [-0.2, 0) is 0 Å². The topological polar surface area (TPSA) is 47.9 Å². The molecule has 3 nitrogen and oxygen atoms in total. The number of nitrogens with zero attached hydrogens (tertiary/aromatic N) is 1. The van der Waals surface area contributed by atoms with E-state index in [4.69, 9.17) is 5.26 Å². The first kappa shape index (κ1) is 6.47. The SMILES string of the molecule is N#C[C@@H]1CSC2(CNC2)N1. The molecule has 2 rings (SSSR count). The summed E-state index contributed by atoms with van der Waals surface area (Å²) in [5.41, 5.74) is 0. The second kappa shape index (κ2) is 2.12. The van der Waals surface area contributed by atoms with E-state index in [2.05, 4.69) is 16.7 Å². The Hall–Kier alpha value is -0.240. The molecule has 2 fully saturated rings. The molecule has 0 aromatic carbocycles. The highest BCUT2D eigenvalue weighted by atomic mass is 32.2. The molecule has 0 unspecified atom stereocenters. The third-order valence-corrected chi connectivity index (χ3v) is 3.40. The minimum atomic E-state index is 0.0760. The number of nitrogens with one attached hydrogen (secondary N) is 2. The van der Waals surface area contributed by atoms with E-state index >= 15 is 0 Å². The van der Waals surface area contributed by atoms with Crippen molar-refractivity contribution in [2.45, 2.75) is 10.9 Å². The minimum absolute atomic E-state index is 0.0760. The molecule has 0 saturated carbocycles. The molecule has 0 aromatic rings. The molecule has 2 heterocycles. The van der Waals surface area contributed by atoms with Crippen molar-refractivity contribution in [3.05, 3.63) is 0 Å². The van der Waals surface area contributed by atoms with Gasteiger partial charge in [0.2, 0.25) is 0 Å². The average Bonchev–Trinajstić information content (AvgIpc) is 2.29. The van der Waals surface area contributed by atoms with Gasteiger partial charge in [-0.05, 0) is 0 Å². The largest absolute Gasteiger partial charge is 0.311 e. The van der Waals surface area contributed by atoms with Crippen LogP contribution in [0.4, 0.5) is 0 Å². The standard InChI is InChI=1S/C6H9N3S/c7-1-5-2-10-6(9-5)3-8-4-6/h5,8-9H,2-4H2/t5-/m1/s1. The zero-order chi connectivity index (χ0) is 7.03. The summed E-state index contributed by atoms with van der Waals surface area (Å²) >= 11 is 1.87. The van der Waals surface area contributed by atoms with Crippen LogP contribution in [0.2, 0.25) is 0 Å². The monoisotopic (exact) mass is 155 g/mol. The van der Waals surface area contributed by atoms with Crippen molar-refractivity contribution in [3.63, 3.8) is 0 Å². The van der Waals surface area contributed by atoms with E-state index in [1.165, 1.54) is 0 Å². The number of nitriles is 1. The Bertz CT molecular complexity index is 182. The number of hydrogen-bond donors (Lipinski definition) is 2. The van der Waals surface area contributed by atoms with Gasteiger partial charge < -0.3 is 5.32 Å². The van der Waals surface area contributed by atoms with Crippen molar-refractivity contribution in [2.75, 3.05) is 18.8 Å². The zero-order valence-electron chi connectivity index (χ0n) is 5.55. The van der Waals surface area contributed by atoms with Gasteiger partial charge >= 0.3 is 0 Å². The molecule has 0 bridgehead atoms. The summed E-state index contributed by atoms with van der Waals surface area (Å²) in [5.74, 6) is 0.943. The molecule has 0 amide bonds. The van der Waals surface area contributed by atoms with Crippen LogP contribution in [-0.4, -0.2) is 29.8 Å². The number of hydrogen-bond acceptors (Lipinski definition) is 4. The van der Waals surface area contributed by atoms with E-state index < -0.39 is 0 Å². The van der Waals surface area contributed by atoms with E-state index in [-0.39, 0.29) is 10.9 Å². The van der Waals surface area contributed by atoms with Crippen LogP contribution in [0, 0.1) is 11.3 Å². The molecule has 2 aliphatic rings. The van der Waals surface area contributed by atoms with Gasteiger partial charge in [0.25, 0.3) is 0 Å². The molecule has 0 radical (unpaired) electrons. The molecule has 4 heteroatoms. The van der Waals surface area contributed by atoms with E-state index in [9.17, 15) is 0 Å². The quantitative estimate of drug-likeness (QED) is 0.496. The number of thioether (sulfide) groups is 1. The van der Waals surface area contributed by atoms with Crippen molar-refractivity contribution in [1.82, 2.24) is 10.6 Å². The van der Waals surface area contributed by atoms with Gasteiger partial charge in [-0.15, -0.1) is 11.8 Å². The van der Waals surface area contributed by atoms with Gasteiger partial charge in [0, 0.05) is 18.8 Å². The van der Waals surface area contributed by atoms with Crippen molar-refractivity contribution in [2.24, 2.45) is 0 Å². The highest BCUT2D eigenvalue weighted by Crippen LogP contribution is 2.32. The van der Waals surface area contributed by atoms with E-state index in [1.807, 2.05) is 11.8 Å². The van der Waals surface area contributed by atoms with Crippen LogP contribution in [0.25, 0.3) is 0 Å². The van der Waals surface area contributed by atoms with Crippen LogP contribution in [0.15, 0.2) is 0 Å². The molecule has 1 atom stereocenters. The van der Waals surface area contributed by atoms with Gasteiger partial charge in [-0.2, -0.15) is 5.26 Å². The van der Waals surface area contributed by atoms with E-state index in [0.717, 1.165) is 18.8 Å². The maximum Gasteiger partial charge on any atom is 0.106 e. The van der Waals surface area contributed by atoms with Gasteiger partial charge in [0.1, 0.15) is 6.04 Å². The van der Waals surface area contributed by atoms with Crippen LogP contribution < -0.4 is 10.6 Å². The molecule has 54 valence electrons. The summed E-state index contributed by atoms with van der Waals surface area (Å²) in [4.78, 5) is 0.223. The van der Waals surface area contributed by atoms with E-state index in [0.29, 0.717) is 0 Å². The van der Waals surface area contributed by atoms with Crippen molar-refractivity contribution in [3.8, 4) is 6.07 Å². The molecule has 2 aliphatic heterocycles. The van der Waals surface area contributed by atoms with Crippen molar-refractivity contribution >= 4 is 11.8 Å². The highest BCUT2D eigenvalue weighted by molar-refractivity contribution is 8.01. The fourth-order valence-electron chi connectivity index (χ4n) is 1.27. The average molecular weight is 155 g/mol. The predicted octanol–water partition coefficient (Wildman–Crippen LogP) is -0.486. The lowest BCUT2D eigenvalue weighted by molar-refractivity contribution is 0.334. The number of rotatable bonds is 0. The summed E-state index contributed by atoms with van der Waals surface area (Å²) in [6.45, 7) is 2.02. The van der Waals surface area contributed by atoms with Crippen LogP contribution in [0.1, 0.15) is 0 Å². The highest BCUT2D eigenvalue weighted by Gasteiger charge is 2.43. The van der Waals surface area contributed by atoms with Gasteiger partial charge in [-0.25, -0.2) is 0 Å². The van der Waals surface area contributed by atoms with Gasteiger partial charge in [0.05, 0.1) is 10.9 Å². The minimum Gasteiger partial charge on any atom is -0.311 e. The van der Waals surface area contributed by atoms with Crippen LogP contribution >= 0.6 is 11.8 Å². The first-order valence-corrected chi connectivity index (χ1v) is 4.35. The van der Waals surface area contributed by atoms with Crippen molar-refractivity contribution in [1.29, 1.82) is 5.26 Å². The fraction of sp³-hybridized carbons (Fsp3) is 0.833. The summed E-state index contributed by atoms with van der Waals surface area (Å²) < 4.78 is 0. The third-order valence-electron chi connectivity index (χ3n) is 1.94. The maximum absolute atomic E-state index is 8.57. The fourth-order valence-corrected chi connectivity index (χ4v) is 2.55. The Kier molecular flexibility index (Phi) is 1.37. The molecule has 0 aromatic heterocycles. The zero-order valence-corrected chi connectivity index (χ0v) is 6.37. The Morgan fingerprint density at radius 1 is 1.60 bits per heavy atom.